The van der Waals surface area contributed by atoms with Gasteiger partial charge in [0, 0.05) is 95.1 Å². The molecular weight excluding hydrogens is 833 g/mol. The Morgan fingerprint density at radius 3 is 1.58 bits per heavy atom. The first kappa shape index (κ1) is 36.4. The van der Waals surface area contributed by atoms with E-state index >= 15 is 0 Å². The Labute approximate surface area is 379 Å². The zero-order valence-corrected chi connectivity index (χ0v) is 36.1. The van der Waals surface area contributed by atoms with Crippen molar-refractivity contribution in [2.24, 2.45) is 0 Å². The smallest absolute Gasteiger partial charge is 0.165 e. The van der Waals surface area contributed by atoms with Crippen LogP contribution in [0, 0.1) is 0 Å². The van der Waals surface area contributed by atoms with Crippen molar-refractivity contribution in [3.8, 4) is 56.5 Å². The predicted octanol–water partition coefficient (Wildman–Crippen LogP) is 16.5. The lowest BCUT2D eigenvalue weighted by Crippen LogP contribution is -2.00. The quantitative estimate of drug-likeness (QED) is 0.161. The van der Waals surface area contributed by atoms with Gasteiger partial charge in [0.1, 0.15) is 11.2 Å². The zero-order chi connectivity index (χ0) is 42.6. The molecule has 0 aliphatic rings. The maximum absolute atomic E-state index is 6.73. The average Bonchev–Trinajstić information content (AvgIpc) is 4.07. The Bertz CT molecular complexity index is 4130. The van der Waals surface area contributed by atoms with Crippen LogP contribution < -0.4 is 0 Å². The lowest BCUT2D eigenvalue weighted by atomic mass is 9.89. The van der Waals surface area contributed by atoms with Gasteiger partial charge < -0.3 is 4.42 Å². The van der Waals surface area contributed by atoms with E-state index in [0.29, 0.717) is 17.5 Å². The number of fused-ring (bicyclic) bond motifs is 12. The largest absolute Gasteiger partial charge is 0.456 e. The van der Waals surface area contributed by atoms with Crippen molar-refractivity contribution < 1.29 is 4.42 Å². The summed E-state index contributed by atoms with van der Waals surface area (Å²) in [5.41, 5.74) is 9.52. The van der Waals surface area contributed by atoms with Crippen LogP contribution in [-0.4, -0.2) is 19.9 Å². The minimum absolute atomic E-state index is 0.605. The second kappa shape index (κ2) is 14.2. The van der Waals surface area contributed by atoms with Gasteiger partial charge in [0.25, 0.3) is 0 Å². The summed E-state index contributed by atoms with van der Waals surface area (Å²) in [4.78, 5) is 21.5. The highest BCUT2D eigenvalue weighted by Gasteiger charge is 2.24. The normalized spacial score (nSPS) is 12.0. The Hall–Kier alpha value is -8.10. The third-order valence-electron chi connectivity index (χ3n) is 12.7. The van der Waals surface area contributed by atoms with Crippen molar-refractivity contribution in [2.45, 2.75) is 0 Å². The van der Waals surface area contributed by atoms with Gasteiger partial charge in [-0.25, -0.2) is 19.9 Å². The van der Waals surface area contributed by atoms with Crippen molar-refractivity contribution in [3.63, 3.8) is 0 Å². The van der Waals surface area contributed by atoms with Crippen LogP contribution in [0.1, 0.15) is 0 Å². The second-order valence-corrected chi connectivity index (χ2v) is 18.5. The summed E-state index contributed by atoms with van der Waals surface area (Å²) in [5.74, 6) is 1.89. The Morgan fingerprint density at radius 1 is 0.338 bits per heavy atom. The van der Waals surface area contributed by atoms with E-state index in [1.165, 1.54) is 30.9 Å². The number of thiophene rings is 2. The highest BCUT2D eigenvalue weighted by molar-refractivity contribution is 7.26. The van der Waals surface area contributed by atoms with Crippen LogP contribution in [0.3, 0.4) is 0 Å². The number of hydrogen-bond donors (Lipinski definition) is 0. The van der Waals surface area contributed by atoms with E-state index in [1.807, 2.05) is 12.1 Å². The molecule has 0 amide bonds. The van der Waals surface area contributed by atoms with Crippen molar-refractivity contribution in [1.29, 1.82) is 0 Å². The van der Waals surface area contributed by atoms with Gasteiger partial charge in [-0.3, -0.25) is 0 Å². The molecule has 0 aliphatic heterocycles. The molecule has 0 bridgehead atoms. The lowest BCUT2D eigenvalue weighted by molar-refractivity contribution is 0.669. The standard InChI is InChI=1S/C58H32N4OS2/c1-2-15-33(16-3-1)53-44-32-47-52(41-22-5-9-28-46(41)63-47)50(51(44)40-21-4-8-27-45(40)59-53)34-17-12-18-35(31-34)56-60-57(42-25-13-23-38-36-19-6-10-29-48(36)64-54(38)42)62-58(61-56)43-26-14-24-39-37-20-7-11-30-49(37)65-55(39)43/h1-32H. The second-order valence-electron chi connectivity index (χ2n) is 16.4. The van der Waals surface area contributed by atoms with Crippen LogP contribution in [0.5, 0.6) is 0 Å². The Balaban J connectivity index is 1.06. The van der Waals surface area contributed by atoms with E-state index in [2.05, 4.69) is 182 Å². The molecule has 0 spiro atoms. The summed E-state index contributed by atoms with van der Waals surface area (Å²) < 4.78 is 11.5. The van der Waals surface area contributed by atoms with Crippen molar-refractivity contribution in [2.75, 3.05) is 0 Å². The van der Waals surface area contributed by atoms with Crippen LogP contribution in [-0.2, 0) is 0 Å². The molecule has 0 atom stereocenters. The third kappa shape index (κ3) is 5.63. The van der Waals surface area contributed by atoms with Crippen molar-refractivity contribution in [1.82, 2.24) is 19.9 Å². The molecule has 14 aromatic rings. The van der Waals surface area contributed by atoms with Crippen LogP contribution in [0.4, 0.5) is 0 Å². The Morgan fingerprint density at radius 2 is 0.877 bits per heavy atom. The SMILES string of the molecule is c1ccc(-c2nc3ccccc3c3c(-c4cccc(-c5nc(-c6cccc7c6sc6ccccc67)nc(-c6cccc7c6sc6ccccc67)n5)c4)c4c(cc23)oc2ccccc24)cc1. The highest BCUT2D eigenvalue weighted by atomic mass is 32.1. The number of nitrogens with zero attached hydrogens (tertiary/aromatic N) is 4. The maximum atomic E-state index is 6.73. The highest BCUT2D eigenvalue weighted by Crippen LogP contribution is 2.47. The number of para-hydroxylation sites is 2. The molecular formula is C58H32N4OS2. The Kier molecular flexibility index (Phi) is 7.95. The fourth-order valence-electron chi connectivity index (χ4n) is 9.83. The number of benzene rings is 9. The summed E-state index contributed by atoms with van der Waals surface area (Å²) in [6, 6.07) is 68.3. The molecule has 0 radical (unpaired) electrons. The summed E-state index contributed by atoms with van der Waals surface area (Å²) in [6.45, 7) is 0. The van der Waals surface area contributed by atoms with Crippen LogP contribution in [0.25, 0.3) is 141 Å². The van der Waals surface area contributed by atoms with Gasteiger partial charge in [-0.2, -0.15) is 0 Å². The topological polar surface area (TPSA) is 64.7 Å². The number of hydrogen-bond acceptors (Lipinski definition) is 7. The van der Waals surface area contributed by atoms with Crippen molar-refractivity contribution >= 4 is 107 Å². The van der Waals surface area contributed by atoms with Crippen molar-refractivity contribution in [3.05, 3.63) is 194 Å². The molecule has 65 heavy (non-hydrogen) atoms. The van der Waals surface area contributed by atoms with E-state index in [-0.39, 0.29) is 0 Å². The third-order valence-corrected chi connectivity index (χ3v) is 15.2. The molecule has 14 rings (SSSR count). The first-order valence-corrected chi connectivity index (χ1v) is 23.3. The molecule has 302 valence electrons. The van der Waals surface area contributed by atoms with E-state index in [4.69, 9.17) is 24.4 Å². The number of pyridine rings is 1. The summed E-state index contributed by atoms with van der Waals surface area (Å²) in [6.07, 6.45) is 0. The first-order chi connectivity index (χ1) is 32.2. The molecule has 5 aromatic heterocycles. The van der Waals surface area contributed by atoms with Gasteiger partial charge in [0.15, 0.2) is 17.5 Å². The van der Waals surface area contributed by atoms with Crippen LogP contribution in [0.15, 0.2) is 199 Å². The van der Waals surface area contributed by atoms with Gasteiger partial charge >= 0.3 is 0 Å². The van der Waals surface area contributed by atoms with E-state index in [0.717, 1.165) is 92.1 Å². The summed E-state index contributed by atoms with van der Waals surface area (Å²) in [5, 5.41) is 10.2. The molecule has 0 aliphatic carbocycles. The van der Waals surface area contributed by atoms with Gasteiger partial charge in [0.05, 0.1) is 11.2 Å². The molecule has 0 saturated carbocycles. The fourth-order valence-corrected chi connectivity index (χ4v) is 12.3. The number of aromatic nitrogens is 4. The maximum Gasteiger partial charge on any atom is 0.165 e. The van der Waals surface area contributed by atoms with Crippen LogP contribution in [0.2, 0.25) is 0 Å². The molecule has 5 nitrogen and oxygen atoms in total. The minimum atomic E-state index is 0.605. The van der Waals surface area contributed by atoms with E-state index in [1.54, 1.807) is 22.7 Å². The molecule has 0 N–H and O–H groups in total. The van der Waals surface area contributed by atoms with Gasteiger partial charge in [-0.1, -0.05) is 146 Å². The number of furan rings is 1. The predicted molar refractivity (Wildman–Crippen MR) is 273 cm³/mol. The summed E-state index contributed by atoms with van der Waals surface area (Å²) in [7, 11) is 0. The van der Waals surface area contributed by atoms with Gasteiger partial charge in [0.2, 0.25) is 0 Å². The molecule has 0 fully saturated rings. The average molecular weight is 865 g/mol. The zero-order valence-electron chi connectivity index (χ0n) is 34.5. The summed E-state index contributed by atoms with van der Waals surface area (Å²) >= 11 is 3.57. The monoisotopic (exact) mass is 864 g/mol. The van der Waals surface area contributed by atoms with Gasteiger partial charge in [-0.05, 0) is 54.1 Å². The fraction of sp³-hybridized carbons (Fsp3) is 0. The minimum Gasteiger partial charge on any atom is -0.456 e. The molecule has 0 saturated heterocycles. The molecule has 7 heteroatoms. The van der Waals surface area contributed by atoms with Crippen LogP contribution >= 0.6 is 22.7 Å². The molecule has 0 unspecified atom stereocenters. The van der Waals surface area contributed by atoms with E-state index < -0.39 is 0 Å². The lowest BCUT2D eigenvalue weighted by Gasteiger charge is -2.16. The molecule has 5 heterocycles. The van der Waals surface area contributed by atoms with Gasteiger partial charge in [-0.15, -0.1) is 22.7 Å². The number of rotatable bonds is 5. The first-order valence-electron chi connectivity index (χ1n) is 21.6. The van der Waals surface area contributed by atoms with E-state index in [9.17, 15) is 0 Å². The molecule has 9 aromatic carbocycles.